The second-order valence-electron chi connectivity index (χ2n) is 4.18. The van der Waals surface area contributed by atoms with E-state index in [1.807, 2.05) is 6.07 Å². The summed E-state index contributed by atoms with van der Waals surface area (Å²) >= 11 is 1.77. The molecule has 90 valence electrons. The highest BCUT2D eigenvalue weighted by Gasteiger charge is 2.14. The maximum atomic E-state index is 3.48. The van der Waals surface area contributed by atoms with Crippen molar-refractivity contribution in [3.63, 3.8) is 0 Å². The van der Waals surface area contributed by atoms with Crippen molar-refractivity contribution < 1.29 is 4.57 Å². The van der Waals surface area contributed by atoms with Crippen LogP contribution in [0.5, 0.6) is 0 Å². The minimum absolute atomic E-state index is 1.10. The molecule has 3 heteroatoms. The molecule has 2 nitrogen and oxygen atoms in total. The molecule has 0 spiro atoms. The van der Waals surface area contributed by atoms with Crippen molar-refractivity contribution in [3.8, 4) is 0 Å². The maximum Gasteiger partial charge on any atom is 0.339 e. The monoisotopic (exact) mass is 247 g/mol. The Bertz CT molecular complexity index is 462. The Balaban J connectivity index is 2.15. The number of unbranched alkanes of at least 4 members (excludes halogenated alkanes) is 1. The number of rotatable bonds is 5. The van der Waals surface area contributed by atoms with E-state index in [0.29, 0.717) is 0 Å². The van der Waals surface area contributed by atoms with E-state index in [0.717, 1.165) is 12.2 Å². The smallest absolute Gasteiger partial charge is 0.231 e. The van der Waals surface area contributed by atoms with Crippen molar-refractivity contribution in [2.75, 3.05) is 5.32 Å². The fourth-order valence-corrected chi connectivity index (χ4v) is 2.71. The van der Waals surface area contributed by atoms with Gasteiger partial charge in [0.15, 0.2) is 0 Å². The first-order chi connectivity index (χ1) is 8.31. The van der Waals surface area contributed by atoms with Crippen LogP contribution in [-0.4, -0.2) is 0 Å². The summed E-state index contributed by atoms with van der Waals surface area (Å²) in [5, 5.41) is 6.92. The molecule has 1 N–H and O–H groups in total. The van der Waals surface area contributed by atoms with Gasteiger partial charge < -0.3 is 0 Å². The predicted octanol–water partition coefficient (Wildman–Crippen LogP) is 3.89. The highest BCUT2D eigenvalue weighted by Crippen LogP contribution is 2.19. The van der Waals surface area contributed by atoms with E-state index in [9.17, 15) is 0 Å². The van der Waals surface area contributed by atoms with Gasteiger partial charge in [-0.2, -0.15) is 0 Å². The van der Waals surface area contributed by atoms with E-state index in [-0.39, 0.29) is 0 Å². The number of anilines is 2. The van der Waals surface area contributed by atoms with Crippen molar-refractivity contribution >= 4 is 22.2 Å². The van der Waals surface area contributed by atoms with Crippen LogP contribution in [-0.2, 0) is 6.54 Å². The second-order valence-corrected chi connectivity index (χ2v) is 5.04. The normalized spacial score (nSPS) is 10.5. The van der Waals surface area contributed by atoms with Gasteiger partial charge in [-0.05, 0) is 25.5 Å². The van der Waals surface area contributed by atoms with Crippen LogP contribution in [0, 0.1) is 6.92 Å². The third-order valence-electron chi connectivity index (χ3n) is 2.77. The molecule has 0 fully saturated rings. The summed E-state index contributed by atoms with van der Waals surface area (Å²) in [5.41, 5.74) is 2.49. The van der Waals surface area contributed by atoms with Gasteiger partial charge in [-0.1, -0.05) is 42.9 Å². The van der Waals surface area contributed by atoms with Crippen LogP contribution in [0.25, 0.3) is 0 Å². The average molecular weight is 247 g/mol. The van der Waals surface area contributed by atoms with Crippen molar-refractivity contribution in [2.24, 2.45) is 0 Å². The van der Waals surface area contributed by atoms with E-state index >= 15 is 0 Å². The van der Waals surface area contributed by atoms with Crippen molar-refractivity contribution in [1.82, 2.24) is 0 Å². The van der Waals surface area contributed by atoms with Crippen LogP contribution in [0.2, 0.25) is 0 Å². The molecule has 1 heterocycles. The number of hydrogen-bond donors (Lipinski definition) is 1. The molecule has 0 unspecified atom stereocenters. The lowest BCUT2D eigenvalue weighted by molar-refractivity contribution is -0.685. The zero-order valence-electron chi connectivity index (χ0n) is 10.4. The Hall–Kier alpha value is -1.35. The molecule has 2 aromatic rings. The molecule has 0 saturated carbocycles. The van der Waals surface area contributed by atoms with Crippen LogP contribution >= 0.6 is 11.3 Å². The summed E-state index contributed by atoms with van der Waals surface area (Å²) < 4.78 is 2.36. The zero-order chi connectivity index (χ0) is 12.1. The largest absolute Gasteiger partial charge is 0.339 e. The minimum Gasteiger partial charge on any atom is -0.231 e. The van der Waals surface area contributed by atoms with Gasteiger partial charge in [-0.15, -0.1) is 0 Å². The lowest BCUT2D eigenvalue weighted by atomic mass is 10.3. The number of hydrogen-bond acceptors (Lipinski definition) is 2. The summed E-state index contributed by atoms with van der Waals surface area (Å²) in [6.45, 7) is 5.50. The fraction of sp³-hybridized carbons (Fsp3) is 0.357. The molecule has 0 atom stereocenters. The van der Waals surface area contributed by atoms with Crippen LogP contribution in [0.4, 0.5) is 10.8 Å². The van der Waals surface area contributed by atoms with Gasteiger partial charge in [0.1, 0.15) is 11.4 Å². The Morgan fingerprint density at radius 3 is 2.71 bits per heavy atom. The zero-order valence-corrected chi connectivity index (χ0v) is 11.3. The second kappa shape index (κ2) is 5.82. The molecule has 0 aliphatic heterocycles. The van der Waals surface area contributed by atoms with Gasteiger partial charge in [0, 0.05) is 5.38 Å². The SMILES string of the molecule is CCCC[n+]1c(C)csc1Nc1ccccc1. The summed E-state index contributed by atoms with van der Waals surface area (Å²) in [6.07, 6.45) is 2.46. The van der Waals surface area contributed by atoms with Gasteiger partial charge in [-0.3, -0.25) is 0 Å². The number of nitrogens with zero attached hydrogens (tertiary/aromatic N) is 1. The molecule has 17 heavy (non-hydrogen) atoms. The molecule has 0 radical (unpaired) electrons. The number of aromatic nitrogens is 1. The van der Waals surface area contributed by atoms with Crippen molar-refractivity contribution in [3.05, 3.63) is 41.4 Å². The van der Waals surface area contributed by atoms with Crippen LogP contribution in [0.3, 0.4) is 0 Å². The van der Waals surface area contributed by atoms with E-state index in [4.69, 9.17) is 0 Å². The number of thiazole rings is 1. The van der Waals surface area contributed by atoms with E-state index in [1.54, 1.807) is 11.3 Å². The predicted molar refractivity (Wildman–Crippen MR) is 73.9 cm³/mol. The maximum absolute atomic E-state index is 3.48. The first kappa shape index (κ1) is 12.1. The van der Waals surface area contributed by atoms with Crippen LogP contribution < -0.4 is 9.88 Å². The average Bonchev–Trinajstić information content (AvgIpc) is 2.69. The summed E-state index contributed by atoms with van der Waals surface area (Å²) in [5.74, 6) is 0. The lowest BCUT2D eigenvalue weighted by Gasteiger charge is -2.02. The van der Waals surface area contributed by atoms with Gasteiger partial charge >= 0.3 is 5.13 Å². The Labute approximate surface area is 107 Å². The Morgan fingerprint density at radius 2 is 2.00 bits per heavy atom. The fourth-order valence-electron chi connectivity index (χ4n) is 1.76. The quantitative estimate of drug-likeness (QED) is 0.793. The number of para-hydroxylation sites is 1. The molecule has 1 aromatic carbocycles. The van der Waals surface area contributed by atoms with Gasteiger partial charge in [0.2, 0.25) is 0 Å². The molecule has 0 aliphatic carbocycles. The minimum atomic E-state index is 1.10. The first-order valence-electron chi connectivity index (χ1n) is 6.11. The summed E-state index contributed by atoms with van der Waals surface area (Å²) in [6, 6.07) is 10.3. The number of benzene rings is 1. The highest BCUT2D eigenvalue weighted by molar-refractivity contribution is 7.13. The molecule has 0 bridgehead atoms. The lowest BCUT2D eigenvalue weighted by Crippen LogP contribution is -2.36. The molecule has 2 rings (SSSR count). The van der Waals surface area contributed by atoms with Crippen LogP contribution in [0.1, 0.15) is 25.5 Å². The number of aryl methyl sites for hydroxylation is 1. The number of nitrogens with one attached hydrogen (secondary N) is 1. The third kappa shape index (κ3) is 3.07. The highest BCUT2D eigenvalue weighted by atomic mass is 32.1. The molecule has 0 saturated heterocycles. The van der Waals surface area contributed by atoms with E-state index in [1.165, 1.54) is 23.7 Å². The first-order valence-corrected chi connectivity index (χ1v) is 6.99. The molecular formula is C14H19N2S+. The van der Waals surface area contributed by atoms with Gasteiger partial charge in [0.05, 0.1) is 6.54 Å². The summed E-state index contributed by atoms with van der Waals surface area (Å²) in [7, 11) is 0. The van der Waals surface area contributed by atoms with Crippen LogP contribution in [0.15, 0.2) is 35.7 Å². The van der Waals surface area contributed by atoms with Crippen molar-refractivity contribution in [1.29, 1.82) is 0 Å². The topological polar surface area (TPSA) is 15.9 Å². The molecule has 0 amide bonds. The Morgan fingerprint density at radius 1 is 1.24 bits per heavy atom. The molecule has 1 aromatic heterocycles. The summed E-state index contributed by atoms with van der Waals surface area (Å²) in [4.78, 5) is 0. The Kier molecular flexibility index (Phi) is 4.15. The molecule has 0 aliphatic rings. The molecular weight excluding hydrogens is 228 g/mol. The van der Waals surface area contributed by atoms with Gasteiger partial charge in [0.25, 0.3) is 0 Å². The third-order valence-corrected chi connectivity index (χ3v) is 3.78. The van der Waals surface area contributed by atoms with Gasteiger partial charge in [-0.25, -0.2) is 9.88 Å². The standard InChI is InChI=1S/C14H18N2S/c1-3-4-10-16-12(2)11-17-14(16)15-13-8-6-5-7-9-13/h5-9,11H,3-4,10H2,1-2H3/p+1. The van der Waals surface area contributed by atoms with E-state index < -0.39 is 0 Å². The van der Waals surface area contributed by atoms with Crippen molar-refractivity contribution in [2.45, 2.75) is 33.2 Å². The van der Waals surface area contributed by atoms with E-state index in [2.05, 4.69) is 53.4 Å².